The molecule has 0 amide bonds. The number of rotatable bonds is 35. The highest BCUT2D eigenvalue weighted by molar-refractivity contribution is 5.71. The predicted octanol–water partition coefficient (Wildman–Crippen LogP) is 12.4. The number of hydrogen-bond acceptors (Lipinski definition) is 6. The Morgan fingerprint density at radius 1 is 0.429 bits per heavy atom. The molecule has 0 aromatic carbocycles. The lowest BCUT2D eigenvalue weighted by Gasteiger charge is -2.18. The number of allylic oxidation sites excluding steroid dienone is 8. The summed E-state index contributed by atoms with van der Waals surface area (Å²) in [5.41, 5.74) is 0. The molecular formula is C43H74O6. The van der Waals surface area contributed by atoms with Gasteiger partial charge in [-0.15, -0.1) is 0 Å². The number of unbranched alkanes of at least 4 members (excludes halogenated alkanes) is 16. The molecule has 0 aromatic heterocycles. The molecule has 1 unspecified atom stereocenters. The van der Waals surface area contributed by atoms with E-state index in [0.717, 1.165) is 57.8 Å². The summed E-state index contributed by atoms with van der Waals surface area (Å²) in [4.78, 5) is 37.4. The van der Waals surface area contributed by atoms with Crippen molar-refractivity contribution in [1.82, 2.24) is 0 Å². The molecule has 6 heteroatoms. The normalized spacial score (nSPS) is 12.5. The first-order valence-corrected chi connectivity index (χ1v) is 20.1. The Labute approximate surface area is 301 Å². The van der Waals surface area contributed by atoms with Crippen LogP contribution in [0.4, 0.5) is 0 Å². The molecule has 0 fully saturated rings. The standard InChI is InChI=1S/C43H74O6/c1-4-7-10-13-16-19-21-24-27-30-33-36-42(45)48-39-40(38-47-41(44)35-32-29-26-23-18-15-12-9-6-3)49-43(46)37-34-31-28-25-22-20-17-14-11-8-5-2/h7,10,16,19,23-24,26-27,40H,4-6,8-9,11-15,17-18,20-22,25,28-39H2,1-3H3/b10-7-,19-16-,26-23-,27-24-. The zero-order valence-electron chi connectivity index (χ0n) is 31.9. The molecule has 0 bridgehead atoms. The van der Waals surface area contributed by atoms with Crippen LogP contribution in [0.1, 0.15) is 188 Å². The van der Waals surface area contributed by atoms with Gasteiger partial charge >= 0.3 is 17.9 Å². The van der Waals surface area contributed by atoms with E-state index in [0.29, 0.717) is 25.7 Å². The van der Waals surface area contributed by atoms with Crippen molar-refractivity contribution in [1.29, 1.82) is 0 Å². The molecule has 0 rings (SSSR count). The third-order valence-electron chi connectivity index (χ3n) is 8.32. The molecule has 0 aromatic rings. The molecule has 0 spiro atoms. The molecule has 0 radical (unpaired) electrons. The summed E-state index contributed by atoms with van der Waals surface area (Å²) in [5, 5.41) is 0. The van der Waals surface area contributed by atoms with Gasteiger partial charge in [-0.05, 0) is 64.2 Å². The second-order valence-corrected chi connectivity index (χ2v) is 13.2. The maximum absolute atomic E-state index is 12.6. The monoisotopic (exact) mass is 687 g/mol. The summed E-state index contributed by atoms with van der Waals surface area (Å²) in [6, 6.07) is 0. The number of ether oxygens (including phenoxy) is 3. The minimum absolute atomic E-state index is 0.103. The van der Waals surface area contributed by atoms with Crippen molar-refractivity contribution in [3.8, 4) is 0 Å². The number of hydrogen-bond donors (Lipinski definition) is 0. The van der Waals surface area contributed by atoms with Crippen molar-refractivity contribution in [2.45, 2.75) is 194 Å². The van der Waals surface area contributed by atoms with Gasteiger partial charge in [0, 0.05) is 19.3 Å². The fourth-order valence-electron chi connectivity index (χ4n) is 5.29. The Balaban J connectivity index is 4.48. The molecule has 0 aliphatic rings. The van der Waals surface area contributed by atoms with Crippen molar-refractivity contribution in [3.05, 3.63) is 48.6 Å². The Morgan fingerprint density at radius 2 is 0.816 bits per heavy atom. The second-order valence-electron chi connectivity index (χ2n) is 13.2. The van der Waals surface area contributed by atoms with E-state index in [1.165, 1.54) is 77.0 Å². The molecule has 0 N–H and O–H groups in total. The van der Waals surface area contributed by atoms with Crippen LogP contribution >= 0.6 is 0 Å². The van der Waals surface area contributed by atoms with Crippen molar-refractivity contribution >= 4 is 17.9 Å². The third-order valence-corrected chi connectivity index (χ3v) is 8.32. The molecular weight excluding hydrogens is 612 g/mol. The van der Waals surface area contributed by atoms with Crippen LogP contribution in [0.2, 0.25) is 0 Å². The number of carbonyl (C=O) groups is 3. The van der Waals surface area contributed by atoms with E-state index in [2.05, 4.69) is 69.4 Å². The molecule has 282 valence electrons. The van der Waals surface area contributed by atoms with Gasteiger partial charge in [0.15, 0.2) is 6.10 Å². The molecule has 0 heterocycles. The van der Waals surface area contributed by atoms with E-state index in [9.17, 15) is 14.4 Å². The van der Waals surface area contributed by atoms with Gasteiger partial charge in [-0.1, -0.05) is 153 Å². The van der Waals surface area contributed by atoms with Crippen molar-refractivity contribution in [3.63, 3.8) is 0 Å². The van der Waals surface area contributed by atoms with Crippen LogP contribution in [0.15, 0.2) is 48.6 Å². The van der Waals surface area contributed by atoms with Crippen molar-refractivity contribution in [2.75, 3.05) is 13.2 Å². The van der Waals surface area contributed by atoms with Crippen LogP contribution in [0.25, 0.3) is 0 Å². The maximum Gasteiger partial charge on any atom is 0.306 e. The summed E-state index contributed by atoms with van der Waals surface area (Å²) >= 11 is 0. The summed E-state index contributed by atoms with van der Waals surface area (Å²) < 4.78 is 16.5. The molecule has 0 saturated heterocycles. The van der Waals surface area contributed by atoms with Crippen LogP contribution in [-0.2, 0) is 28.6 Å². The number of esters is 3. The zero-order chi connectivity index (χ0) is 35.9. The maximum atomic E-state index is 12.6. The molecule has 0 saturated carbocycles. The van der Waals surface area contributed by atoms with Gasteiger partial charge in [0.05, 0.1) is 0 Å². The van der Waals surface area contributed by atoms with Crippen LogP contribution in [0, 0.1) is 0 Å². The Morgan fingerprint density at radius 3 is 1.33 bits per heavy atom. The van der Waals surface area contributed by atoms with E-state index in [4.69, 9.17) is 14.2 Å². The fraction of sp³-hybridized carbons (Fsp3) is 0.744. The predicted molar refractivity (Wildman–Crippen MR) is 205 cm³/mol. The Kier molecular flexibility index (Phi) is 36.1. The lowest BCUT2D eigenvalue weighted by Crippen LogP contribution is -2.30. The topological polar surface area (TPSA) is 78.9 Å². The van der Waals surface area contributed by atoms with E-state index >= 15 is 0 Å². The first-order valence-electron chi connectivity index (χ1n) is 20.1. The van der Waals surface area contributed by atoms with Gasteiger partial charge in [0.25, 0.3) is 0 Å². The van der Waals surface area contributed by atoms with E-state index in [-0.39, 0.29) is 37.5 Å². The van der Waals surface area contributed by atoms with Crippen LogP contribution < -0.4 is 0 Å². The van der Waals surface area contributed by atoms with Crippen molar-refractivity contribution in [2.24, 2.45) is 0 Å². The lowest BCUT2D eigenvalue weighted by atomic mass is 10.1. The van der Waals surface area contributed by atoms with Crippen LogP contribution in [0.5, 0.6) is 0 Å². The fourth-order valence-corrected chi connectivity index (χ4v) is 5.29. The van der Waals surface area contributed by atoms with Gasteiger partial charge in [-0.2, -0.15) is 0 Å². The first kappa shape index (κ1) is 46.4. The minimum atomic E-state index is -0.796. The number of carbonyl (C=O) groups excluding carboxylic acids is 3. The van der Waals surface area contributed by atoms with Gasteiger partial charge in [0.2, 0.25) is 0 Å². The molecule has 0 aliphatic heterocycles. The Hall–Kier alpha value is -2.63. The smallest absolute Gasteiger partial charge is 0.306 e. The van der Waals surface area contributed by atoms with Gasteiger partial charge in [-0.25, -0.2) is 0 Å². The van der Waals surface area contributed by atoms with E-state index < -0.39 is 6.10 Å². The van der Waals surface area contributed by atoms with Crippen molar-refractivity contribution < 1.29 is 28.6 Å². The SMILES string of the molecule is CC/C=C\C/C=C\C/C=C\CCCC(=O)OCC(COC(=O)CCC/C=C\CCCCCC)OC(=O)CCCCCCCCCCCCC. The Bertz CT molecular complexity index is 887. The lowest BCUT2D eigenvalue weighted by molar-refractivity contribution is -0.167. The van der Waals surface area contributed by atoms with Crippen LogP contribution in [-0.4, -0.2) is 37.2 Å². The zero-order valence-corrected chi connectivity index (χ0v) is 31.9. The summed E-state index contributed by atoms with van der Waals surface area (Å²) in [6.45, 7) is 6.37. The van der Waals surface area contributed by atoms with Gasteiger partial charge < -0.3 is 14.2 Å². The van der Waals surface area contributed by atoms with E-state index in [1.807, 2.05) is 0 Å². The average molecular weight is 687 g/mol. The van der Waals surface area contributed by atoms with Gasteiger partial charge in [-0.3, -0.25) is 14.4 Å². The van der Waals surface area contributed by atoms with Gasteiger partial charge in [0.1, 0.15) is 13.2 Å². The third kappa shape index (κ3) is 36.5. The minimum Gasteiger partial charge on any atom is -0.462 e. The first-order chi connectivity index (χ1) is 24.0. The highest BCUT2D eigenvalue weighted by Gasteiger charge is 2.19. The molecule has 49 heavy (non-hydrogen) atoms. The second kappa shape index (κ2) is 38.2. The summed E-state index contributed by atoms with van der Waals surface area (Å²) in [5.74, 6) is -0.999. The van der Waals surface area contributed by atoms with E-state index in [1.54, 1.807) is 0 Å². The molecule has 6 nitrogen and oxygen atoms in total. The summed E-state index contributed by atoms with van der Waals surface area (Å²) in [7, 11) is 0. The summed E-state index contributed by atoms with van der Waals surface area (Å²) in [6.07, 6.45) is 42.5. The molecule has 0 aliphatic carbocycles. The highest BCUT2D eigenvalue weighted by Crippen LogP contribution is 2.13. The average Bonchev–Trinajstić information content (AvgIpc) is 3.10. The quantitative estimate of drug-likeness (QED) is 0.0286. The largest absolute Gasteiger partial charge is 0.462 e. The van der Waals surface area contributed by atoms with Crippen LogP contribution in [0.3, 0.4) is 0 Å². The molecule has 1 atom stereocenters. The highest BCUT2D eigenvalue weighted by atomic mass is 16.6.